The van der Waals surface area contributed by atoms with E-state index in [2.05, 4.69) is 4.98 Å². The van der Waals surface area contributed by atoms with Gasteiger partial charge < -0.3 is 4.74 Å². The number of ether oxygens (including phenoxy) is 1. The van der Waals surface area contributed by atoms with Crippen LogP contribution < -0.4 is 0 Å². The van der Waals surface area contributed by atoms with Crippen molar-refractivity contribution in [1.82, 2.24) is 4.98 Å². The van der Waals surface area contributed by atoms with Crippen LogP contribution in [0.25, 0.3) is 10.9 Å². The molecule has 120 valence electrons. The normalized spacial score (nSPS) is 10.6. The minimum Gasteiger partial charge on any atom is -0.454 e. The van der Waals surface area contributed by atoms with Crippen LogP contribution in [0.3, 0.4) is 0 Å². The van der Waals surface area contributed by atoms with Crippen LogP contribution in [0.15, 0.2) is 54.6 Å². The van der Waals surface area contributed by atoms with Crippen LogP contribution in [-0.2, 0) is 4.74 Å². The number of nitrogens with zero attached hydrogens (tertiary/aromatic N) is 1. The molecule has 0 fully saturated rings. The molecule has 1 aromatic heterocycles. The largest absolute Gasteiger partial charge is 0.454 e. The lowest BCUT2D eigenvalue weighted by Gasteiger charge is -2.08. The molecule has 5 heteroatoms. The first-order chi connectivity index (χ1) is 11.5. The molecule has 2 aromatic carbocycles. The lowest BCUT2D eigenvalue weighted by Crippen LogP contribution is -2.15. The highest BCUT2D eigenvalue weighted by Crippen LogP contribution is 2.19. The third-order valence-corrected chi connectivity index (χ3v) is 3.82. The van der Waals surface area contributed by atoms with Crippen LogP contribution in [0.5, 0.6) is 0 Å². The molecule has 0 aliphatic rings. The maximum atomic E-state index is 12.4. The Kier molecular flexibility index (Phi) is 4.58. The van der Waals surface area contributed by atoms with Gasteiger partial charge in [0.05, 0.1) is 11.1 Å². The summed E-state index contributed by atoms with van der Waals surface area (Å²) in [5.41, 5.74) is 2.28. The number of para-hydroxylation sites is 1. The van der Waals surface area contributed by atoms with E-state index in [-0.39, 0.29) is 12.4 Å². The summed E-state index contributed by atoms with van der Waals surface area (Å²) in [5.74, 6) is -0.825. The number of aryl methyl sites for hydroxylation is 1. The SMILES string of the molecule is Cc1cc(C(=O)OCC(=O)c2ccc(Cl)cc2)c2ccccc2n1. The molecule has 3 rings (SSSR count). The molecule has 0 aliphatic heterocycles. The number of ketones is 1. The first-order valence-corrected chi connectivity index (χ1v) is 7.74. The van der Waals surface area contributed by atoms with Crippen LogP contribution in [0.4, 0.5) is 0 Å². The number of esters is 1. The average Bonchev–Trinajstić information content (AvgIpc) is 2.59. The molecule has 4 nitrogen and oxygen atoms in total. The van der Waals surface area contributed by atoms with Crippen molar-refractivity contribution in [3.05, 3.63) is 76.4 Å². The number of fused-ring (bicyclic) bond motifs is 1. The van der Waals surface area contributed by atoms with Gasteiger partial charge in [-0.05, 0) is 43.3 Å². The highest BCUT2D eigenvalue weighted by atomic mass is 35.5. The summed E-state index contributed by atoms with van der Waals surface area (Å²) in [6.07, 6.45) is 0. The van der Waals surface area contributed by atoms with Crippen LogP contribution in [0.1, 0.15) is 26.4 Å². The highest BCUT2D eigenvalue weighted by molar-refractivity contribution is 6.30. The number of benzene rings is 2. The van der Waals surface area contributed by atoms with Gasteiger partial charge in [0.15, 0.2) is 12.4 Å². The molecule has 0 saturated heterocycles. The lowest BCUT2D eigenvalue weighted by molar-refractivity contribution is 0.0476. The number of aromatic nitrogens is 1. The Morgan fingerprint density at radius 3 is 2.54 bits per heavy atom. The zero-order valence-corrected chi connectivity index (χ0v) is 13.7. The van der Waals surface area contributed by atoms with E-state index in [0.717, 1.165) is 0 Å². The fourth-order valence-corrected chi connectivity index (χ4v) is 2.53. The van der Waals surface area contributed by atoms with Crippen molar-refractivity contribution >= 4 is 34.3 Å². The monoisotopic (exact) mass is 339 g/mol. The van der Waals surface area contributed by atoms with E-state index >= 15 is 0 Å². The predicted molar refractivity (Wildman–Crippen MR) is 92.5 cm³/mol. The lowest BCUT2D eigenvalue weighted by atomic mass is 10.1. The van der Waals surface area contributed by atoms with E-state index in [0.29, 0.717) is 32.7 Å². The molecule has 0 radical (unpaired) electrons. The van der Waals surface area contributed by atoms with Gasteiger partial charge in [-0.25, -0.2) is 4.79 Å². The van der Waals surface area contributed by atoms with E-state index in [1.54, 1.807) is 36.4 Å². The average molecular weight is 340 g/mol. The summed E-state index contributed by atoms with van der Waals surface area (Å²) in [6.45, 7) is 1.48. The van der Waals surface area contributed by atoms with Crippen molar-refractivity contribution in [2.24, 2.45) is 0 Å². The Morgan fingerprint density at radius 1 is 1.08 bits per heavy atom. The van der Waals surface area contributed by atoms with E-state index in [1.165, 1.54) is 0 Å². The van der Waals surface area contributed by atoms with Crippen LogP contribution in [0.2, 0.25) is 5.02 Å². The highest BCUT2D eigenvalue weighted by Gasteiger charge is 2.15. The Hall–Kier alpha value is -2.72. The zero-order valence-electron chi connectivity index (χ0n) is 13.0. The van der Waals surface area contributed by atoms with Crippen molar-refractivity contribution in [3.8, 4) is 0 Å². The Bertz CT molecular complexity index is 920. The number of halogens is 1. The molecule has 0 aliphatic carbocycles. The minimum absolute atomic E-state index is 0.282. The van der Waals surface area contributed by atoms with Gasteiger partial charge in [-0.1, -0.05) is 29.8 Å². The number of hydrogen-bond donors (Lipinski definition) is 0. The smallest absolute Gasteiger partial charge is 0.339 e. The van der Waals surface area contributed by atoms with E-state index in [1.807, 2.05) is 25.1 Å². The van der Waals surface area contributed by atoms with E-state index in [9.17, 15) is 9.59 Å². The maximum absolute atomic E-state index is 12.4. The van der Waals surface area contributed by atoms with Gasteiger partial charge >= 0.3 is 5.97 Å². The predicted octanol–water partition coefficient (Wildman–Crippen LogP) is 4.24. The maximum Gasteiger partial charge on any atom is 0.339 e. The second kappa shape index (κ2) is 6.81. The van der Waals surface area contributed by atoms with Crippen molar-refractivity contribution in [2.45, 2.75) is 6.92 Å². The molecule has 3 aromatic rings. The Labute approximate surface area is 144 Å². The standard InChI is InChI=1S/C19H14ClNO3/c1-12-10-16(15-4-2-3-5-17(15)21-12)19(23)24-11-18(22)13-6-8-14(20)9-7-13/h2-10H,11H2,1H3. The molecule has 0 unspecified atom stereocenters. The fourth-order valence-electron chi connectivity index (χ4n) is 2.40. The van der Waals surface area contributed by atoms with Gasteiger partial charge in [0, 0.05) is 21.7 Å². The number of pyridine rings is 1. The summed E-state index contributed by atoms with van der Waals surface area (Å²) in [6, 6.07) is 15.4. The molecule has 0 N–H and O–H groups in total. The van der Waals surface area contributed by atoms with Crippen molar-refractivity contribution in [1.29, 1.82) is 0 Å². The molecule has 1 heterocycles. The van der Waals surface area contributed by atoms with E-state index in [4.69, 9.17) is 16.3 Å². The summed E-state index contributed by atoms with van der Waals surface area (Å²) in [4.78, 5) is 28.8. The number of carbonyl (C=O) groups excluding carboxylic acids is 2. The van der Waals surface area contributed by atoms with Gasteiger partial charge in [-0.15, -0.1) is 0 Å². The minimum atomic E-state index is -0.543. The molecule has 0 saturated carbocycles. The number of Topliss-reactive ketones (excluding diaryl/α,β-unsaturated/α-hetero) is 1. The van der Waals surface area contributed by atoms with Crippen LogP contribution in [-0.4, -0.2) is 23.3 Å². The fraction of sp³-hybridized carbons (Fsp3) is 0.105. The van der Waals surface area contributed by atoms with Crippen LogP contribution in [0, 0.1) is 6.92 Å². The third-order valence-electron chi connectivity index (χ3n) is 3.56. The first-order valence-electron chi connectivity index (χ1n) is 7.37. The van der Waals surface area contributed by atoms with Gasteiger partial charge in [-0.2, -0.15) is 0 Å². The zero-order chi connectivity index (χ0) is 17.1. The van der Waals surface area contributed by atoms with Gasteiger partial charge in [0.1, 0.15) is 0 Å². The number of hydrogen-bond acceptors (Lipinski definition) is 4. The van der Waals surface area contributed by atoms with Crippen molar-refractivity contribution in [3.63, 3.8) is 0 Å². The third kappa shape index (κ3) is 3.44. The molecular formula is C19H14ClNO3. The quantitative estimate of drug-likeness (QED) is 0.527. The van der Waals surface area contributed by atoms with Gasteiger partial charge in [-0.3, -0.25) is 9.78 Å². The Morgan fingerprint density at radius 2 is 1.79 bits per heavy atom. The topological polar surface area (TPSA) is 56.3 Å². The molecule has 24 heavy (non-hydrogen) atoms. The summed E-state index contributed by atoms with van der Waals surface area (Å²) >= 11 is 5.79. The summed E-state index contributed by atoms with van der Waals surface area (Å²) in [5, 5.41) is 1.24. The van der Waals surface area contributed by atoms with Gasteiger partial charge in [0.25, 0.3) is 0 Å². The second-order valence-electron chi connectivity index (χ2n) is 5.33. The number of rotatable bonds is 4. The van der Waals surface area contributed by atoms with Crippen LogP contribution >= 0.6 is 11.6 Å². The van der Waals surface area contributed by atoms with Crippen molar-refractivity contribution in [2.75, 3.05) is 6.61 Å². The Balaban J connectivity index is 1.78. The summed E-state index contributed by atoms with van der Waals surface area (Å²) in [7, 11) is 0. The van der Waals surface area contributed by atoms with Crippen molar-refractivity contribution < 1.29 is 14.3 Å². The molecule has 0 spiro atoms. The van der Waals surface area contributed by atoms with E-state index < -0.39 is 5.97 Å². The molecular weight excluding hydrogens is 326 g/mol. The first kappa shape index (κ1) is 16.1. The summed E-state index contributed by atoms with van der Waals surface area (Å²) < 4.78 is 5.19. The molecule has 0 bridgehead atoms. The van der Waals surface area contributed by atoms with Gasteiger partial charge in [0.2, 0.25) is 0 Å². The second-order valence-corrected chi connectivity index (χ2v) is 5.77. The molecule has 0 atom stereocenters. The number of carbonyl (C=O) groups is 2. The molecule has 0 amide bonds.